The molecule has 0 fully saturated rings. The largest absolute Gasteiger partial charge is 0.272 e. The molecule has 0 aromatic heterocycles. The van der Waals surface area contributed by atoms with Gasteiger partial charge in [0.25, 0.3) is 5.91 Å². The Kier molecular flexibility index (Phi) is 5.27. The van der Waals surface area contributed by atoms with E-state index < -0.39 is 0 Å². The van der Waals surface area contributed by atoms with Gasteiger partial charge in [0.2, 0.25) is 0 Å². The molecule has 0 aliphatic carbocycles. The molecule has 0 saturated heterocycles. The number of allylic oxidation sites excluding steroid dienone is 1. The van der Waals surface area contributed by atoms with Crippen LogP contribution in [0.5, 0.6) is 0 Å². The van der Waals surface area contributed by atoms with E-state index in [2.05, 4.69) is 34.8 Å². The van der Waals surface area contributed by atoms with E-state index in [9.17, 15) is 4.79 Å². The molecule has 1 N–H and O–H groups in total. The van der Waals surface area contributed by atoms with Gasteiger partial charge in [-0.15, -0.1) is 11.8 Å². The molecule has 2 aromatic rings. The number of carbonyl (C=O) groups excluding carboxylic acids is 1. The molecule has 116 valence electrons. The van der Waals surface area contributed by atoms with Crippen LogP contribution in [0.25, 0.3) is 0 Å². The van der Waals surface area contributed by atoms with Gasteiger partial charge in [-0.2, -0.15) is 5.10 Å². The first kappa shape index (κ1) is 15.6. The zero-order valence-electron chi connectivity index (χ0n) is 12.7. The van der Waals surface area contributed by atoms with Crippen molar-refractivity contribution < 1.29 is 4.79 Å². The summed E-state index contributed by atoms with van der Waals surface area (Å²) in [5.41, 5.74) is 5.39. The summed E-state index contributed by atoms with van der Waals surface area (Å²) in [5, 5.41) is 4.17. The lowest BCUT2D eigenvalue weighted by molar-refractivity contribution is -0.116. The number of nitrogens with one attached hydrogen (secondary N) is 1. The van der Waals surface area contributed by atoms with E-state index in [1.54, 1.807) is 11.8 Å². The average molecular weight is 322 g/mol. The molecular formula is C19H18N2OS. The molecule has 2 aromatic carbocycles. The lowest BCUT2D eigenvalue weighted by Gasteiger charge is -2.03. The van der Waals surface area contributed by atoms with Crippen LogP contribution in [0.2, 0.25) is 0 Å². The third-order valence-corrected chi connectivity index (χ3v) is 4.61. The molecule has 0 spiro atoms. The third-order valence-electron chi connectivity index (χ3n) is 3.59. The Morgan fingerprint density at radius 2 is 1.70 bits per heavy atom. The summed E-state index contributed by atoms with van der Waals surface area (Å²) in [6.45, 7) is 0. The quantitative estimate of drug-likeness (QED) is 0.649. The van der Waals surface area contributed by atoms with Gasteiger partial charge in [0.1, 0.15) is 0 Å². The van der Waals surface area contributed by atoms with E-state index in [4.69, 9.17) is 0 Å². The minimum atomic E-state index is -0.0956. The van der Waals surface area contributed by atoms with Crippen LogP contribution in [0, 0.1) is 0 Å². The molecule has 3 rings (SSSR count). The Hall–Kier alpha value is -2.33. The number of hydrazone groups is 1. The van der Waals surface area contributed by atoms with Crippen molar-refractivity contribution in [2.45, 2.75) is 17.7 Å². The second kappa shape index (κ2) is 7.79. The minimum Gasteiger partial charge on any atom is -0.267 e. The summed E-state index contributed by atoms with van der Waals surface area (Å²) in [6, 6.07) is 20.4. The number of hydrogen-bond acceptors (Lipinski definition) is 3. The maximum atomic E-state index is 11.9. The highest BCUT2D eigenvalue weighted by atomic mass is 32.2. The summed E-state index contributed by atoms with van der Waals surface area (Å²) >= 11 is 1.69. The van der Waals surface area contributed by atoms with Crippen molar-refractivity contribution >= 4 is 23.4 Å². The zero-order chi connectivity index (χ0) is 15.9. The van der Waals surface area contributed by atoms with Crippen LogP contribution in [0.3, 0.4) is 0 Å². The lowest BCUT2D eigenvalue weighted by Crippen LogP contribution is -2.14. The van der Waals surface area contributed by atoms with Crippen LogP contribution in [-0.2, 0) is 11.2 Å². The predicted molar refractivity (Wildman–Crippen MR) is 95.6 cm³/mol. The molecule has 1 amide bonds. The number of hydrogen-bond donors (Lipinski definition) is 1. The number of nitrogens with zero attached hydrogens (tertiary/aromatic N) is 1. The van der Waals surface area contributed by atoms with Gasteiger partial charge in [0.05, 0.1) is 11.3 Å². The highest BCUT2D eigenvalue weighted by Gasteiger charge is 2.21. The second-order valence-corrected chi connectivity index (χ2v) is 6.29. The number of benzene rings is 2. The van der Waals surface area contributed by atoms with Crippen molar-refractivity contribution in [3.05, 3.63) is 77.9 Å². The van der Waals surface area contributed by atoms with Gasteiger partial charge in [-0.05, 0) is 30.5 Å². The second-order valence-electron chi connectivity index (χ2n) is 5.24. The monoisotopic (exact) mass is 322 g/mol. The summed E-state index contributed by atoms with van der Waals surface area (Å²) in [7, 11) is 0. The molecule has 0 atom stereocenters. The van der Waals surface area contributed by atoms with E-state index >= 15 is 0 Å². The molecular weight excluding hydrogens is 304 g/mol. The van der Waals surface area contributed by atoms with Crippen molar-refractivity contribution in [1.82, 2.24) is 5.43 Å². The van der Waals surface area contributed by atoms with E-state index in [0.29, 0.717) is 11.3 Å². The molecule has 1 aliphatic heterocycles. The molecule has 1 heterocycles. The molecule has 4 heteroatoms. The van der Waals surface area contributed by atoms with Crippen molar-refractivity contribution in [1.29, 1.82) is 0 Å². The maximum Gasteiger partial charge on any atom is 0.272 e. The molecule has 1 aliphatic rings. The SMILES string of the molecule is O=C1NN=C(CSc2ccccc2)/C1=C\CCc1ccccc1. The first-order valence-electron chi connectivity index (χ1n) is 7.62. The maximum absolute atomic E-state index is 11.9. The van der Waals surface area contributed by atoms with Crippen LogP contribution in [0.4, 0.5) is 0 Å². The molecule has 0 saturated carbocycles. The third kappa shape index (κ3) is 4.33. The average Bonchev–Trinajstić information content (AvgIpc) is 2.95. The van der Waals surface area contributed by atoms with Crippen LogP contribution in [0.15, 0.2) is 82.3 Å². The van der Waals surface area contributed by atoms with E-state index in [-0.39, 0.29) is 5.91 Å². The van der Waals surface area contributed by atoms with Crippen LogP contribution >= 0.6 is 11.8 Å². The number of rotatable bonds is 6. The van der Waals surface area contributed by atoms with Crippen LogP contribution < -0.4 is 5.43 Å². The fourth-order valence-electron chi connectivity index (χ4n) is 2.39. The highest BCUT2D eigenvalue weighted by Crippen LogP contribution is 2.20. The van der Waals surface area contributed by atoms with Crippen molar-refractivity contribution in [2.24, 2.45) is 5.10 Å². The van der Waals surface area contributed by atoms with Crippen molar-refractivity contribution in [3.63, 3.8) is 0 Å². The van der Waals surface area contributed by atoms with Gasteiger partial charge >= 0.3 is 0 Å². The van der Waals surface area contributed by atoms with Crippen molar-refractivity contribution in [3.8, 4) is 0 Å². The standard InChI is InChI=1S/C19H18N2OS/c22-19-17(13-7-10-15-8-3-1-4-9-15)18(20-21-19)14-23-16-11-5-2-6-12-16/h1-6,8-9,11-13H,7,10,14H2,(H,21,22)/b17-13+. The lowest BCUT2D eigenvalue weighted by atomic mass is 10.1. The Morgan fingerprint density at radius 1 is 1.00 bits per heavy atom. The Bertz CT molecular complexity index is 724. The topological polar surface area (TPSA) is 41.5 Å². The van der Waals surface area contributed by atoms with Crippen LogP contribution in [-0.4, -0.2) is 17.4 Å². The van der Waals surface area contributed by atoms with Gasteiger partial charge in [0, 0.05) is 10.6 Å². The van der Waals surface area contributed by atoms with Gasteiger partial charge in [-0.25, -0.2) is 5.43 Å². The summed E-state index contributed by atoms with van der Waals surface area (Å²) in [4.78, 5) is 13.1. The summed E-state index contributed by atoms with van der Waals surface area (Å²) in [6.07, 6.45) is 3.76. The first-order chi connectivity index (χ1) is 11.3. The van der Waals surface area contributed by atoms with Gasteiger partial charge in [-0.1, -0.05) is 54.6 Å². The Balaban J connectivity index is 1.59. The number of aryl methyl sites for hydroxylation is 1. The number of amides is 1. The molecule has 23 heavy (non-hydrogen) atoms. The molecule has 0 bridgehead atoms. The predicted octanol–water partition coefficient (Wildman–Crippen LogP) is 3.82. The minimum absolute atomic E-state index is 0.0956. The summed E-state index contributed by atoms with van der Waals surface area (Å²) in [5.74, 6) is 0.599. The van der Waals surface area contributed by atoms with Crippen molar-refractivity contribution in [2.75, 3.05) is 5.75 Å². The number of carbonyl (C=O) groups is 1. The van der Waals surface area contributed by atoms with Crippen LogP contribution in [0.1, 0.15) is 12.0 Å². The Morgan fingerprint density at radius 3 is 2.43 bits per heavy atom. The van der Waals surface area contributed by atoms with E-state index in [1.807, 2.05) is 42.5 Å². The van der Waals surface area contributed by atoms with Gasteiger partial charge < -0.3 is 0 Å². The van der Waals surface area contributed by atoms with E-state index in [1.165, 1.54) is 10.5 Å². The smallest absolute Gasteiger partial charge is 0.267 e. The zero-order valence-corrected chi connectivity index (χ0v) is 13.6. The number of thioether (sulfide) groups is 1. The fourth-order valence-corrected chi connectivity index (χ4v) is 3.26. The fraction of sp³-hybridized carbons (Fsp3) is 0.158. The van der Waals surface area contributed by atoms with E-state index in [0.717, 1.165) is 18.6 Å². The molecule has 3 nitrogen and oxygen atoms in total. The first-order valence-corrected chi connectivity index (χ1v) is 8.61. The Labute approximate surface area is 140 Å². The van der Waals surface area contributed by atoms with Gasteiger partial charge in [-0.3, -0.25) is 4.79 Å². The highest BCUT2D eigenvalue weighted by molar-refractivity contribution is 8.00. The van der Waals surface area contributed by atoms with Gasteiger partial charge in [0.15, 0.2) is 0 Å². The molecule has 0 radical (unpaired) electrons. The molecule has 0 unspecified atom stereocenters. The normalized spacial score (nSPS) is 15.6. The summed E-state index contributed by atoms with van der Waals surface area (Å²) < 4.78 is 0.